The van der Waals surface area contributed by atoms with Gasteiger partial charge in [-0.05, 0) is 25.7 Å². The van der Waals surface area contributed by atoms with Crippen molar-refractivity contribution >= 4 is 18.4 Å². The van der Waals surface area contributed by atoms with Crippen molar-refractivity contribution in [2.24, 2.45) is 17.6 Å². The minimum absolute atomic E-state index is 0. The fourth-order valence-electron chi connectivity index (χ4n) is 3.95. The van der Waals surface area contributed by atoms with Gasteiger partial charge in [-0.3, -0.25) is 4.79 Å². The Morgan fingerprint density at radius 2 is 1.92 bits per heavy atom. The lowest BCUT2D eigenvalue weighted by atomic mass is 9.87. The molecule has 1 aliphatic carbocycles. The van der Waals surface area contributed by atoms with Crippen LogP contribution in [-0.2, 0) is 19.0 Å². The zero-order valence-electron chi connectivity index (χ0n) is 15.8. The SMILES string of the molecule is CCCCCO[C@@H]1[C@@H](CC2CCCC2)COC[C@H](N)C(=O)O[C@H]1C.Cl. The maximum absolute atomic E-state index is 12.0. The van der Waals surface area contributed by atoms with E-state index in [1.807, 2.05) is 6.92 Å². The molecule has 0 unspecified atom stereocenters. The third-order valence-electron chi connectivity index (χ3n) is 5.33. The van der Waals surface area contributed by atoms with Crippen LogP contribution in [0.3, 0.4) is 0 Å². The average molecular weight is 378 g/mol. The minimum Gasteiger partial charge on any atom is -0.459 e. The zero-order valence-corrected chi connectivity index (χ0v) is 16.6. The Kier molecular flexibility index (Phi) is 11.0. The van der Waals surface area contributed by atoms with Crippen molar-refractivity contribution in [1.82, 2.24) is 0 Å². The molecule has 25 heavy (non-hydrogen) atoms. The standard InChI is InChI=1S/C19H35NO4.ClH/c1-3-4-7-10-23-18-14(2)24-19(21)17(20)13-22-12-16(18)11-15-8-5-6-9-15;/h14-18H,3-13,20H2,1-2H3;1H/t14-,16-,17-,18-;/m0./s1. The van der Waals surface area contributed by atoms with Crippen LogP contribution in [0, 0.1) is 11.8 Å². The molecule has 6 heteroatoms. The first-order valence-corrected chi connectivity index (χ1v) is 9.77. The van der Waals surface area contributed by atoms with Crippen molar-refractivity contribution in [2.45, 2.75) is 83.5 Å². The third kappa shape index (κ3) is 7.41. The van der Waals surface area contributed by atoms with Crippen molar-refractivity contribution in [3.05, 3.63) is 0 Å². The quantitative estimate of drug-likeness (QED) is 0.543. The number of hydrogen-bond acceptors (Lipinski definition) is 5. The number of halogens is 1. The van der Waals surface area contributed by atoms with Crippen LogP contribution >= 0.6 is 12.4 Å². The molecule has 0 aromatic heterocycles. The van der Waals surface area contributed by atoms with E-state index in [1.165, 1.54) is 32.1 Å². The summed E-state index contributed by atoms with van der Waals surface area (Å²) in [7, 11) is 0. The van der Waals surface area contributed by atoms with Crippen molar-refractivity contribution in [1.29, 1.82) is 0 Å². The molecular formula is C19H36ClNO4. The van der Waals surface area contributed by atoms with E-state index in [9.17, 15) is 4.79 Å². The van der Waals surface area contributed by atoms with E-state index in [4.69, 9.17) is 19.9 Å². The molecule has 0 bridgehead atoms. The smallest absolute Gasteiger partial charge is 0.325 e. The molecule has 1 aliphatic heterocycles. The molecule has 5 nitrogen and oxygen atoms in total. The minimum atomic E-state index is -0.696. The van der Waals surface area contributed by atoms with E-state index < -0.39 is 6.04 Å². The van der Waals surface area contributed by atoms with Crippen LogP contribution in [0.5, 0.6) is 0 Å². The first kappa shape index (κ1) is 22.7. The van der Waals surface area contributed by atoms with Gasteiger partial charge in [0.1, 0.15) is 12.1 Å². The Balaban J connectivity index is 0.00000312. The van der Waals surface area contributed by atoms with Gasteiger partial charge in [-0.25, -0.2) is 0 Å². The molecular weight excluding hydrogens is 342 g/mol. The summed E-state index contributed by atoms with van der Waals surface area (Å²) in [5.41, 5.74) is 5.83. The van der Waals surface area contributed by atoms with Crippen LogP contribution in [0.4, 0.5) is 0 Å². The van der Waals surface area contributed by atoms with Gasteiger partial charge in [0, 0.05) is 12.5 Å². The fourth-order valence-corrected chi connectivity index (χ4v) is 3.95. The topological polar surface area (TPSA) is 70.8 Å². The highest BCUT2D eigenvalue weighted by molar-refractivity contribution is 5.85. The predicted octanol–water partition coefficient (Wildman–Crippen LogP) is 3.47. The average Bonchev–Trinajstić information content (AvgIpc) is 3.07. The van der Waals surface area contributed by atoms with Crippen LogP contribution in [0.15, 0.2) is 0 Å². The largest absolute Gasteiger partial charge is 0.459 e. The number of ether oxygens (including phenoxy) is 3. The van der Waals surface area contributed by atoms with E-state index in [1.54, 1.807) is 0 Å². The van der Waals surface area contributed by atoms with Crippen molar-refractivity contribution in [2.75, 3.05) is 19.8 Å². The Bertz CT molecular complexity index is 376. The molecule has 2 fully saturated rings. The monoisotopic (exact) mass is 377 g/mol. The molecule has 2 aliphatic rings. The molecule has 0 spiro atoms. The number of hydrogen-bond donors (Lipinski definition) is 1. The summed E-state index contributed by atoms with van der Waals surface area (Å²) < 4.78 is 17.5. The van der Waals surface area contributed by atoms with Gasteiger partial charge in [0.05, 0.1) is 19.3 Å². The summed E-state index contributed by atoms with van der Waals surface area (Å²) in [6.45, 7) is 5.66. The number of rotatable bonds is 7. The first-order valence-electron chi connectivity index (χ1n) is 9.77. The van der Waals surface area contributed by atoms with E-state index in [-0.39, 0.29) is 43.1 Å². The number of cyclic esters (lactones) is 1. The summed E-state index contributed by atoms with van der Waals surface area (Å²) in [6.07, 6.45) is 9.34. The molecule has 1 saturated heterocycles. The summed E-state index contributed by atoms with van der Waals surface area (Å²) >= 11 is 0. The predicted molar refractivity (Wildman–Crippen MR) is 101 cm³/mol. The van der Waals surface area contributed by atoms with Crippen molar-refractivity contribution in [3.8, 4) is 0 Å². The Labute approximate surface area is 158 Å². The van der Waals surface area contributed by atoms with Gasteiger partial charge in [0.2, 0.25) is 0 Å². The fraction of sp³-hybridized carbons (Fsp3) is 0.947. The number of unbranched alkanes of at least 4 members (excludes halogenated alkanes) is 2. The number of carbonyl (C=O) groups excluding carboxylic acids is 1. The first-order chi connectivity index (χ1) is 11.6. The van der Waals surface area contributed by atoms with Gasteiger partial charge in [-0.2, -0.15) is 0 Å². The highest BCUT2D eigenvalue weighted by atomic mass is 35.5. The third-order valence-corrected chi connectivity index (χ3v) is 5.33. The van der Waals surface area contributed by atoms with Gasteiger partial charge in [-0.15, -0.1) is 12.4 Å². The highest BCUT2D eigenvalue weighted by Gasteiger charge is 2.35. The molecule has 0 amide bonds. The zero-order chi connectivity index (χ0) is 17.4. The molecule has 0 aromatic rings. The maximum Gasteiger partial charge on any atom is 0.325 e. The van der Waals surface area contributed by atoms with E-state index in [0.29, 0.717) is 13.2 Å². The molecule has 0 radical (unpaired) electrons. The van der Waals surface area contributed by atoms with Gasteiger partial charge in [0.15, 0.2) is 0 Å². The molecule has 1 saturated carbocycles. The molecule has 2 N–H and O–H groups in total. The summed E-state index contributed by atoms with van der Waals surface area (Å²) in [5, 5.41) is 0. The lowest BCUT2D eigenvalue weighted by Crippen LogP contribution is -2.41. The van der Waals surface area contributed by atoms with Gasteiger partial charge in [-0.1, -0.05) is 45.4 Å². The van der Waals surface area contributed by atoms with E-state index in [0.717, 1.165) is 25.2 Å². The summed E-state index contributed by atoms with van der Waals surface area (Å²) in [6, 6.07) is -0.696. The molecule has 148 valence electrons. The molecule has 0 aromatic carbocycles. The Morgan fingerprint density at radius 3 is 2.60 bits per heavy atom. The Hall–Kier alpha value is -0.360. The highest BCUT2D eigenvalue weighted by Crippen LogP contribution is 2.33. The van der Waals surface area contributed by atoms with Crippen molar-refractivity contribution in [3.63, 3.8) is 0 Å². The second kappa shape index (κ2) is 12.1. The normalized spacial score (nSPS) is 31.6. The van der Waals surface area contributed by atoms with Crippen LogP contribution < -0.4 is 5.73 Å². The van der Waals surface area contributed by atoms with E-state index >= 15 is 0 Å². The van der Waals surface area contributed by atoms with Crippen molar-refractivity contribution < 1.29 is 19.0 Å². The van der Waals surface area contributed by atoms with Crippen LogP contribution in [-0.4, -0.2) is 44.0 Å². The van der Waals surface area contributed by atoms with E-state index in [2.05, 4.69) is 6.92 Å². The maximum atomic E-state index is 12.0. The second-order valence-corrected chi connectivity index (χ2v) is 7.47. The number of carbonyl (C=O) groups is 1. The second-order valence-electron chi connectivity index (χ2n) is 7.47. The van der Waals surface area contributed by atoms with Crippen LogP contribution in [0.25, 0.3) is 0 Å². The number of nitrogens with two attached hydrogens (primary N) is 1. The Morgan fingerprint density at radius 1 is 1.20 bits per heavy atom. The number of esters is 1. The molecule has 1 heterocycles. The van der Waals surface area contributed by atoms with Gasteiger partial charge >= 0.3 is 5.97 Å². The molecule has 2 rings (SSSR count). The summed E-state index contributed by atoms with van der Waals surface area (Å²) in [5.74, 6) is 0.631. The van der Waals surface area contributed by atoms with Gasteiger partial charge in [0.25, 0.3) is 0 Å². The lowest BCUT2D eigenvalue weighted by molar-refractivity contribution is -0.160. The van der Waals surface area contributed by atoms with Crippen LogP contribution in [0.2, 0.25) is 0 Å². The lowest BCUT2D eigenvalue weighted by Gasteiger charge is -2.32. The van der Waals surface area contributed by atoms with Gasteiger partial charge < -0.3 is 19.9 Å². The summed E-state index contributed by atoms with van der Waals surface area (Å²) in [4.78, 5) is 12.0. The van der Waals surface area contributed by atoms with Crippen LogP contribution in [0.1, 0.15) is 65.2 Å². The molecule has 4 atom stereocenters.